The van der Waals surface area contributed by atoms with E-state index in [2.05, 4.69) is 27.9 Å². The van der Waals surface area contributed by atoms with Crippen molar-refractivity contribution in [2.45, 2.75) is 6.92 Å². The van der Waals surface area contributed by atoms with Gasteiger partial charge < -0.3 is 9.73 Å². The van der Waals surface area contributed by atoms with E-state index in [1.54, 1.807) is 24.3 Å². The van der Waals surface area contributed by atoms with Crippen LogP contribution in [0.3, 0.4) is 0 Å². The zero-order chi connectivity index (χ0) is 12.4. The molecule has 1 aromatic heterocycles. The smallest absolute Gasteiger partial charge is 0.291 e. The highest BCUT2D eigenvalue weighted by atomic mass is 127. The summed E-state index contributed by atoms with van der Waals surface area (Å²) in [7, 11) is 0. The van der Waals surface area contributed by atoms with Crippen LogP contribution in [0, 0.1) is 10.5 Å². The average molecular weight is 362 g/mol. The third kappa shape index (κ3) is 2.81. The number of hydrogen-bond donors (Lipinski definition) is 1. The fourth-order valence-corrected chi connectivity index (χ4v) is 2.38. The summed E-state index contributed by atoms with van der Waals surface area (Å²) in [6.07, 6.45) is 1.50. The van der Waals surface area contributed by atoms with E-state index in [0.717, 1.165) is 14.8 Å². The average Bonchev–Trinajstić information content (AvgIpc) is 2.68. The normalized spacial score (nSPS) is 10.3. The number of nitrogens with one attached hydrogen (secondary N) is 1. The second-order valence-corrected chi connectivity index (χ2v) is 5.11. The number of anilines is 1. The largest absolute Gasteiger partial charge is 0.459 e. The Hall–Kier alpha value is -1.01. The highest BCUT2D eigenvalue weighted by molar-refractivity contribution is 14.1. The Balaban J connectivity index is 2.22. The minimum absolute atomic E-state index is 0.257. The van der Waals surface area contributed by atoms with Crippen LogP contribution >= 0.6 is 34.2 Å². The summed E-state index contributed by atoms with van der Waals surface area (Å²) in [5, 5.41) is 3.42. The molecule has 5 heteroatoms. The Morgan fingerprint density at radius 3 is 2.76 bits per heavy atom. The van der Waals surface area contributed by atoms with Gasteiger partial charge in [0.2, 0.25) is 0 Å². The molecule has 0 atom stereocenters. The van der Waals surface area contributed by atoms with Crippen molar-refractivity contribution in [2.24, 2.45) is 0 Å². The molecule has 0 aliphatic heterocycles. The molecule has 0 aliphatic carbocycles. The molecule has 2 aromatic rings. The summed E-state index contributed by atoms with van der Waals surface area (Å²) in [6.45, 7) is 1.82. The van der Waals surface area contributed by atoms with Gasteiger partial charge in [-0.1, -0.05) is 11.6 Å². The maximum atomic E-state index is 11.9. The van der Waals surface area contributed by atoms with Gasteiger partial charge in [0, 0.05) is 14.2 Å². The van der Waals surface area contributed by atoms with Crippen LogP contribution in [-0.2, 0) is 0 Å². The summed E-state index contributed by atoms with van der Waals surface area (Å²) < 4.78 is 6.00. The molecular formula is C12H9ClINO2. The first-order valence-corrected chi connectivity index (χ1v) is 6.34. The zero-order valence-corrected chi connectivity index (χ0v) is 11.9. The van der Waals surface area contributed by atoms with Crippen LogP contribution in [-0.4, -0.2) is 5.91 Å². The maximum Gasteiger partial charge on any atom is 0.291 e. The molecule has 17 heavy (non-hydrogen) atoms. The second-order valence-electron chi connectivity index (χ2n) is 3.51. The fraction of sp³-hybridized carbons (Fsp3) is 0.0833. The standard InChI is InChI=1S/C12H9ClINO2/c1-7-4-5-17-11(7)12(16)15-10-3-2-8(13)6-9(10)14/h2-6H,1H3,(H,15,16). The molecule has 0 bridgehead atoms. The monoisotopic (exact) mass is 361 g/mol. The molecule has 0 saturated heterocycles. The Kier molecular flexibility index (Phi) is 3.73. The van der Waals surface area contributed by atoms with E-state index >= 15 is 0 Å². The van der Waals surface area contributed by atoms with E-state index in [0.29, 0.717) is 10.8 Å². The molecule has 1 amide bonds. The second kappa shape index (κ2) is 5.10. The molecule has 0 spiro atoms. The minimum atomic E-state index is -0.257. The van der Waals surface area contributed by atoms with Crippen LogP contribution in [0.25, 0.3) is 0 Å². The third-order valence-electron chi connectivity index (χ3n) is 2.25. The van der Waals surface area contributed by atoms with E-state index in [4.69, 9.17) is 16.0 Å². The minimum Gasteiger partial charge on any atom is -0.459 e. The number of carbonyl (C=O) groups excluding carboxylic acids is 1. The van der Waals surface area contributed by atoms with Gasteiger partial charge in [-0.2, -0.15) is 0 Å². The van der Waals surface area contributed by atoms with Gasteiger partial charge in [-0.3, -0.25) is 4.79 Å². The Morgan fingerprint density at radius 2 is 2.18 bits per heavy atom. The number of benzene rings is 1. The molecule has 1 N–H and O–H groups in total. The maximum absolute atomic E-state index is 11.9. The lowest BCUT2D eigenvalue weighted by Crippen LogP contribution is -2.12. The summed E-state index contributed by atoms with van der Waals surface area (Å²) in [4.78, 5) is 11.9. The lowest BCUT2D eigenvalue weighted by Gasteiger charge is -2.06. The Morgan fingerprint density at radius 1 is 1.41 bits per heavy atom. The molecular weight excluding hydrogens is 352 g/mol. The van der Waals surface area contributed by atoms with Crippen molar-refractivity contribution in [3.05, 3.63) is 50.4 Å². The molecule has 0 radical (unpaired) electrons. The summed E-state index contributed by atoms with van der Waals surface area (Å²) in [5.74, 6) is 0.0727. The van der Waals surface area contributed by atoms with E-state index in [1.165, 1.54) is 6.26 Å². The van der Waals surface area contributed by atoms with Gasteiger partial charge in [-0.25, -0.2) is 0 Å². The number of carbonyl (C=O) groups is 1. The van der Waals surface area contributed by atoms with Crippen molar-refractivity contribution in [3.8, 4) is 0 Å². The van der Waals surface area contributed by atoms with Gasteiger partial charge in [0.1, 0.15) is 0 Å². The van der Waals surface area contributed by atoms with E-state index < -0.39 is 0 Å². The predicted octanol–water partition coefficient (Wildman–Crippen LogP) is 4.10. The van der Waals surface area contributed by atoms with E-state index in [-0.39, 0.29) is 5.91 Å². The molecule has 1 aromatic carbocycles. The molecule has 2 rings (SSSR count). The van der Waals surface area contributed by atoms with Crippen LogP contribution in [0.2, 0.25) is 5.02 Å². The molecule has 0 unspecified atom stereocenters. The highest BCUT2D eigenvalue weighted by Gasteiger charge is 2.13. The van der Waals surface area contributed by atoms with Gasteiger partial charge in [0.25, 0.3) is 5.91 Å². The first kappa shape index (κ1) is 12.4. The quantitative estimate of drug-likeness (QED) is 0.818. The molecule has 1 heterocycles. The first-order chi connectivity index (χ1) is 8.08. The van der Waals surface area contributed by atoms with Gasteiger partial charge in [-0.15, -0.1) is 0 Å². The Labute approximate surface area is 117 Å². The van der Waals surface area contributed by atoms with Crippen molar-refractivity contribution < 1.29 is 9.21 Å². The van der Waals surface area contributed by atoms with Crippen LogP contribution in [0.15, 0.2) is 34.9 Å². The van der Waals surface area contributed by atoms with Crippen molar-refractivity contribution in [1.29, 1.82) is 0 Å². The summed E-state index contributed by atoms with van der Waals surface area (Å²) in [5.41, 5.74) is 1.53. The number of halogens is 2. The third-order valence-corrected chi connectivity index (χ3v) is 3.38. The summed E-state index contributed by atoms with van der Waals surface area (Å²) in [6, 6.07) is 7.03. The van der Waals surface area contributed by atoms with Crippen molar-refractivity contribution in [2.75, 3.05) is 5.32 Å². The molecule has 0 saturated carbocycles. The number of amides is 1. The molecule has 0 fully saturated rings. The van der Waals surface area contributed by atoms with Crippen LogP contribution in [0.4, 0.5) is 5.69 Å². The molecule has 3 nitrogen and oxygen atoms in total. The lowest BCUT2D eigenvalue weighted by atomic mass is 10.2. The van der Waals surface area contributed by atoms with E-state index in [1.807, 2.05) is 6.92 Å². The number of rotatable bonds is 2. The highest BCUT2D eigenvalue weighted by Crippen LogP contribution is 2.23. The van der Waals surface area contributed by atoms with Crippen molar-refractivity contribution in [1.82, 2.24) is 0 Å². The SMILES string of the molecule is Cc1ccoc1C(=O)Nc1ccc(Cl)cc1I. The Bertz CT molecular complexity index is 565. The van der Waals surface area contributed by atoms with Crippen LogP contribution in [0.1, 0.15) is 16.1 Å². The van der Waals surface area contributed by atoms with Crippen molar-refractivity contribution in [3.63, 3.8) is 0 Å². The predicted molar refractivity (Wildman–Crippen MR) is 75.6 cm³/mol. The lowest BCUT2D eigenvalue weighted by molar-refractivity contribution is 0.0996. The van der Waals surface area contributed by atoms with E-state index in [9.17, 15) is 4.79 Å². The van der Waals surface area contributed by atoms with Gasteiger partial charge in [0.05, 0.1) is 12.0 Å². The van der Waals surface area contributed by atoms with Crippen LogP contribution in [0.5, 0.6) is 0 Å². The number of hydrogen-bond acceptors (Lipinski definition) is 2. The van der Waals surface area contributed by atoms with Crippen LogP contribution < -0.4 is 5.32 Å². The molecule has 0 aliphatic rings. The molecule has 88 valence electrons. The van der Waals surface area contributed by atoms with Gasteiger partial charge in [-0.05, 0) is 53.8 Å². The number of aryl methyl sites for hydroxylation is 1. The zero-order valence-electron chi connectivity index (χ0n) is 8.96. The first-order valence-electron chi connectivity index (χ1n) is 4.88. The fourth-order valence-electron chi connectivity index (χ4n) is 1.38. The van der Waals surface area contributed by atoms with Gasteiger partial charge in [0.15, 0.2) is 5.76 Å². The number of furan rings is 1. The van der Waals surface area contributed by atoms with Crippen molar-refractivity contribution >= 4 is 45.8 Å². The van der Waals surface area contributed by atoms with Gasteiger partial charge >= 0.3 is 0 Å². The summed E-state index contributed by atoms with van der Waals surface area (Å²) >= 11 is 7.96. The topological polar surface area (TPSA) is 42.2 Å².